The first-order chi connectivity index (χ1) is 8.76. The Hall–Kier alpha value is -1.22. The van der Waals surface area contributed by atoms with Crippen LogP contribution in [0, 0.1) is 0 Å². The van der Waals surface area contributed by atoms with E-state index in [-0.39, 0.29) is 0 Å². The van der Waals surface area contributed by atoms with Gasteiger partial charge in [0, 0.05) is 12.1 Å². The molecule has 1 aromatic carbocycles. The predicted molar refractivity (Wildman–Crippen MR) is 75.5 cm³/mol. The molecule has 3 nitrogen and oxygen atoms in total. The SMILES string of the molecule is CCOc1cccc(OCCCNC(C)CC)c1. The molecule has 0 amide bonds. The Bertz CT molecular complexity index is 328. The molecule has 1 unspecified atom stereocenters. The van der Waals surface area contributed by atoms with Gasteiger partial charge in [0.25, 0.3) is 0 Å². The average molecular weight is 251 g/mol. The Kier molecular flexibility index (Phi) is 7.26. The number of hydrogen-bond acceptors (Lipinski definition) is 3. The highest BCUT2D eigenvalue weighted by molar-refractivity contribution is 5.32. The molecule has 0 bridgehead atoms. The van der Waals surface area contributed by atoms with Crippen molar-refractivity contribution in [1.82, 2.24) is 5.32 Å². The fourth-order valence-corrected chi connectivity index (χ4v) is 1.58. The third-order valence-corrected chi connectivity index (χ3v) is 2.81. The third-order valence-electron chi connectivity index (χ3n) is 2.81. The standard InChI is InChI=1S/C15H25NO2/c1-4-13(3)16-10-7-11-18-15-9-6-8-14(12-15)17-5-2/h6,8-9,12-13,16H,4-5,7,10-11H2,1-3H3. The second-order valence-electron chi connectivity index (χ2n) is 4.37. The predicted octanol–water partition coefficient (Wildman–Crippen LogP) is 3.24. The minimum atomic E-state index is 0.589. The molecule has 0 aliphatic heterocycles. The fraction of sp³-hybridized carbons (Fsp3) is 0.600. The molecule has 0 saturated heterocycles. The van der Waals surface area contributed by atoms with Crippen LogP contribution in [0.5, 0.6) is 11.5 Å². The van der Waals surface area contributed by atoms with Crippen LogP contribution in [0.3, 0.4) is 0 Å². The van der Waals surface area contributed by atoms with Crippen LogP contribution < -0.4 is 14.8 Å². The van der Waals surface area contributed by atoms with Gasteiger partial charge >= 0.3 is 0 Å². The molecule has 0 heterocycles. The highest BCUT2D eigenvalue weighted by Gasteiger charge is 1.99. The summed E-state index contributed by atoms with van der Waals surface area (Å²) in [5.74, 6) is 1.75. The number of nitrogens with one attached hydrogen (secondary N) is 1. The minimum absolute atomic E-state index is 0.589. The van der Waals surface area contributed by atoms with E-state index in [1.54, 1.807) is 0 Å². The molecular weight excluding hydrogens is 226 g/mol. The molecule has 0 spiro atoms. The first kappa shape index (κ1) is 14.8. The Morgan fingerprint density at radius 3 is 2.56 bits per heavy atom. The molecule has 0 saturated carbocycles. The van der Waals surface area contributed by atoms with Crippen molar-refractivity contribution in [3.63, 3.8) is 0 Å². The number of ether oxygens (including phenoxy) is 2. The molecule has 1 aromatic rings. The maximum atomic E-state index is 5.69. The van der Waals surface area contributed by atoms with E-state index in [1.165, 1.54) is 0 Å². The second-order valence-corrected chi connectivity index (χ2v) is 4.37. The monoisotopic (exact) mass is 251 g/mol. The van der Waals surface area contributed by atoms with Crippen molar-refractivity contribution in [2.45, 2.75) is 39.7 Å². The highest BCUT2D eigenvalue weighted by Crippen LogP contribution is 2.19. The lowest BCUT2D eigenvalue weighted by Gasteiger charge is -2.12. The summed E-state index contributed by atoms with van der Waals surface area (Å²) in [6.45, 7) is 8.79. The summed E-state index contributed by atoms with van der Waals surface area (Å²) < 4.78 is 11.1. The molecule has 0 fully saturated rings. The van der Waals surface area contributed by atoms with Crippen LogP contribution in [-0.4, -0.2) is 25.8 Å². The quantitative estimate of drug-likeness (QED) is 0.683. The molecule has 0 aliphatic carbocycles. The molecule has 1 atom stereocenters. The topological polar surface area (TPSA) is 30.5 Å². The van der Waals surface area contributed by atoms with E-state index in [0.717, 1.165) is 37.5 Å². The van der Waals surface area contributed by atoms with E-state index < -0.39 is 0 Å². The normalized spacial score (nSPS) is 12.2. The second kappa shape index (κ2) is 8.81. The van der Waals surface area contributed by atoms with E-state index in [0.29, 0.717) is 12.6 Å². The van der Waals surface area contributed by atoms with Gasteiger partial charge in [-0.25, -0.2) is 0 Å². The van der Waals surface area contributed by atoms with Crippen LogP contribution >= 0.6 is 0 Å². The van der Waals surface area contributed by atoms with E-state index in [9.17, 15) is 0 Å². The largest absolute Gasteiger partial charge is 0.494 e. The van der Waals surface area contributed by atoms with E-state index >= 15 is 0 Å². The average Bonchev–Trinajstić information content (AvgIpc) is 2.39. The Morgan fingerprint density at radius 1 is 1.17 bits per heavy atom. The fourth-order valence-electron chi connectivity index (χ4n) is 1.58. The van der Waals surface area contributed by atoms with Crippen molar-refractivity contribution in [3.8, 4) is 11.5 Å². The van der Waals surface area contributed by atoms with Crippen LogP contribution in [0.25, 0.3) is 0 Å². The zero-order chi connectivity index (χ0) is 13.2. The van der Waals surface area contributed by atoms with Crippen LogP contribution in [0.2, 0.25) is 0 Å². The van der Waals surface area contributed by atoms with Gasteiger partial charge in [-0.15, -0.1) is 0 Å². The molecule has 0 aromatic heterocycles. The van der Waals surface area contributed by atoms with E-state index in [1.807, 2.05) is 31.2 Å². The molecule has 0 aliphatic rings. The van der Waals surface area contributed by atoms with Crippen LogP contribution in [-0.2, 0) is 0 Å². The highest BCUT2D eigenvalue weighted by atomic mass is 16.5. The third kappa shape index (κ3) is 5.92. The zero-order valence-electron chi connectivity index (χ0n) is 11.7. The van der Waals surface area contributed by atoms with Gasteiger partial charge in [-0.3, -0.25) is 0 Å². The minimum Gasteiger partial charge on any atom is -0.494 e. The maximum Gasteiger partial charge on any atom is 0.122 e. The van der Waals surface area contributed by atoms with Gasteiger partial charge in [0.1, 0.15) is 11.5 Å². The molecule has 102 valence electrons. The van der Waals surface area contributed by atoms with Crippen molar-refractivity contribution in [2.24, 2.45) is 0 Å². The van der Waals surface area contributed by atoms with Gasteiger partial charge in [0.2, 0.25) is 0 Å². The Labute approximate surface area is 110 Å². The lowest BCUT2D eigenvalue weighted by atomic mass is 10.2. The molecular formula is C15H25NO2. The Morgan fingerprint density at radius 2 is 1.89 bits per heavy atom. The van der Waals surface area contributed by atoms with Gasteiger partial charge < -0.3 is 14.8 Å². The van der Waals surface area contributed by atoms with Crippen molar-refractivity contribution in [1.29, 1.82) is 0 Å². The van der Waals surface area contributed by atoms with E-state index in [4.69, 9.17) is 9.47 Å². The van der Waals surface area contributed by atoms with Crippen LogP contribution in [0.15, 0.2) is 24.3 Å². The summed E-state index contributed by atoms with van der Waals surface area (Å²) in [6.07, 6.45) is 2.18. The van der Waals surface area contributed by atoms with Crippen molar-refractivity contribution >= 4 is 0 Å². The summed E-state index contributed by atoms with van der Waals surface area (Å²) in [4.78, 5) is 0. The molecule has 18 heavy (non-hydrogen) atoms. The maximum absolute atomic E-state index is 5.69. The Balaban J connectivity index is 2.20. The van der Waals surface area contributed by atoms with Gasteiger partial charge in [-0.05, 0) is 45.4 Å². The van der Waals surface area contributed by atoms with Crippen molar-refractivity contribution in [3.05, 3.63) is 24.3 Å². The van der Waals surface area contributed by atoms with Gasteiger partial charge in [-0.2, -0.15) is 0 Å². The van der Waals surface area contributed by atoms with E-state index in [2.05, 4.69) is 19.2 Å². The smallest absolute Gasteiger partial charge is 0.122 e. The first-order valence-corrected chi connectivity index (χ1v) is 6.85. The summed E-state index contributed by atoms with van der Waals surface area (Å²) >= 11 is 0. The summed E-state index contributed by atoms with van der Waals surface area (Å²) in [7, 11) is 0. The van der Waals surface area contributed by atoms with Gasteiger partial charge in [0.15, 0.2) is 0 Å². The van der Waals surface area contributed by atoms with Crippen LogP contribution in [0.4, 0.5) is 0 Å². The molecule has 1 N–H and O–H groups in total. The zero-order valence-corrected chi connectivity index (χ0v) is 11.7. The summed E-state index contributed by atoms with van der Waals surface area (Å²) in [5, 5.41) is 3.45. The molecule has 1 rings (SSSR count). The van der Waals surface area contributed by atoms with Crippen molar-refractivity contribution < 1.29 is 9.47 Å². The lowest BCUT2D eigenvalue weighted by molar-refractivity contribution is 0.299. The van der Waals surface area contributed by atoms with Gasteiger partial charge in [0.05, 0.1) is 13.2 Å². The van der Waals surface area contributed by atoms with Gasteiger partial charge in [-0.1, -0.05) is 13.0 Å². The summed E-state index contributed by atoms with van der Waals surface area (Å²) in [5.41, 5.74) is 0. The molecule has 0 radical (unpaired) electrons. The van der Waals surface area contributed by atoms with Crippen molar-refractivity contribution in [2.75, 3.05) is 19.8 Å². The number of benzene rings is 1. The first-order valence-electron chi connectivity index (χ1n) is 6.85. The lowest BCUT2D eigenvalue weighted by Crippen LogP contribution is -2.27. The summed E-state index contributed by atoms with van der Waals surface area (Å²) in [6, 6.07) is 8.39. The number of rotatable bonds is 9. The van der Waals surface area contributed by atoms with Crippen LogP contribution in [0.1, 0.15) is 33.6 Å². The molecule has 3 heteroatoms. The number of hydrogen-bond donors (Lipinski definition) is 1.